The minimum absolute atomic E-state index is 0.0770. The molecule has 30 heavy (non-hydrogen) atoms. The van der Waals surface area contributed by atoms with Gasteiger partial charge in [-0.1, -0.05) is 77.0 Å². The van der Waals surface area contributed by atoms with E-state index in [1.54, 1.807) is 0 Å². The maximum atomic E-state index is 12.8. The monoisotopic (exact) mass is 417 g/mol. The van der Waals surface area contributed by atoms with Crippen LogP contribution in [0, 0.1) is 6.92 Å². The number of benzene rings is 1. The second kappa shape index (κ2) is 16.4. The summed E-state index contributed by atoms with van der Waals surface area (Å²) in [5.41, 5.74) is 1.97. The lowest BCUT2D eigenvalue weighted by molar-refractivity contribution is -0.930. The topological polar surface area (TPSA) is 29.1 Å². The summed E-state index contributed by atoms with van der Waals surface area (Å²) in [6.45, 7) is 13.3. The van der Waals surface area contributed by atoms with Gasteiger partial charge in [-0.2, -0.15) is 0 Å². The minimum atomic E-state index is 0.0770. The number of nitrogens with zero attached hydrogens (tertiary/aromatic N) is 1. The van der Waals surface area contributed by atoms with E-state index in [4.69, 9.17) is 0 Å². The zero-order valence-electron chi connectivity index (χ0n) is 20.5. The molecule has 1 rings (SSSR count). The number of quaternary nitrogens is 1. The number of hydrogen-bond donors (Lipinski definition) is 1. The molecule has 0 aromatic heterocycles. The minimum Gasteiger partial charge on any atom is -0.307 e. The van der Waals surface area contributed by atoms with E-state index in [1.807, 2.05) is 24.3 Å². The highest BCUT2D eigenvalue weighted by Crippen LogP contribution is 2.17. The Balaban J connectivity index is 2.81. The normalized spacial score (nSPS) is 11.6. The maximum Gasteiger partial charge on any atom is 0.255 e. The Morgan fingerprint density at radius 1 is 0.700 bits per heavy atom. The Kier molecular flexibility index (Phi) is 14.5. The molecule has 0 saturated carbocycles. The van der Waals surface area contributed by atoms with Crippen molar-refractivity contribution in [2.75, 3.05) is 26.3 Å². The molecule has 0 spiro atoms. The Morgan fingerprint density at radius 2 is 1.13 bits per heavy atom. The van der Waals surface area contributed by atoms with Crippen molar-refractivity contribution in [3.8, 4) is 0 Å². The van der Waals surface area contributed by atoms with E-state index in [9.17, 15) is 4.79 Å². The van der Waals surface area contributed by atoms with Crippen LogP contribution in [0.25, 0.3) is 0 Å². The van der Waals surface area contributed by atoms with Crippen LogP contribution in [0.15, 0.2) is 24.3 Å². The molecule has 0 aliphatic rings. The molecule has 1 amide bonds. The van der Waals surface area contributed by atoms with E-state index < -0.39 is 0 Å². The van der Waals surface area contributed by atoms with Gasteiger partial charge in [-0.15, -0.1) is 0 Å². The van der Waals surface area contributed by atoms with Crippen LogP contribution in [0.1, 0.15) is 114 Å². The van der Waals surface area contributed by atoms with Crippen molar-refractivity contribution in [1.82, 2.24) is 5.32 Å². The van der Waals surface area contributed by atoms with E-state index >= 15 is 0 Å². The zero-order chi connectivity index (χ0) is 22.1. The summed E-state index contributed by atoms with van der Waals surface area (Å²) in [7, 11) is 0. The summed E-state index contributed by atoms with van der Waals surface area (Å²) in [5, 5.41) is 3.32. The van der Waals surface area contributed by atoms with Crippen molar-refractivity contribution in [3.05, 3.63) is 35.4 Å². The molecule has 1 aromatic rings. The molecule has 0 unspecified atom stereocenters. The van der Waals surface area contributed by atoms with Gasteiger partial charge in [0.25, 0.3) is 5.91 Å². The van der Waals surface area contributed by atoms with E-state index in [2.05, 4.69) is 33.0 Å². The summed E-state index contributed by atoms with van der Waals surface area (Å²) in [6.07, 6.45) is 15.5. The molecule has 172 valence electrons. The SMILES string of the molecule is CCCCCC[N+](CCCCCC)(CCCCCC)CNC(=O)c1ccc(C)cc1. The molecule has 1 aromatic carbocycles. The molecule has 0 bridgehead atoms. The molecule has 0 heterocycles. The third-order valence-corrected chi connectivity index (χ3v) is 6.35. The fraction of sp³-hybridized carbons (Fsp3) is 0.741. The van der Waals surface area contributed by atoms with Crippen molar-refractivity contribution in [1.29, 1.82) is 0 Å². The highest BCUT2D eigenvalue weighted by atomic mass is 16.1. The van der Waals surface area contributed by atoms with E-state index in [1.165, 1.54) is 102 Å². The van der Waals surface area contributed by atoms with Crippen molar-refractivity contribution < 1.29 is 9.28 Å². The van der Waals surface area contributed by atoms with Crippen LogP contribution < -0.4 is 5.32 Å². The quantitative estimate of drug-likeness (QED) is 0.152. The molecule has 0 fully saturated rings. The molecule has 0 atom stereocenters. The van der Waals surface area contributed by atoms with Gasteiger partial charge in [0.2, 0.25) is 0 Å². The second-order valence-corrected chi connectivity index (χ2v) is 9.22. The molecule has 3 heteroatoms. The second-order valence-electron chi connectivity index (χ2n) is 9.22. The summed E-state index contributed by atoms with van der Waals surface area (Å²) in [4.78, 5) is 12.8. The van der Waals surface area contributed by atoms with Crippen LogP contribution in [0.2, 0.25) is 0 Å². The smallest absolute Gasteiger partial charge is 0.255 e. The number of nitrogens with one attached hydrogen (secondary N) is 1. The van der Waals surface area contributed by atoms with Gasteiger partial charge < -0.3 is 9.80 Å². The third kappa shape index (κ3) is 11.2. The van der Waals surface area contributed by atoms with Crippen molar-refractivity contribution in [2.24, 2.45) is 0 Å². The Hall–Kier alpha value is -1.35. The lowest BCUT2D eigenvalue weighted by Gasteiger charge is -2.39. The molecule has 0 saturated heterocycles. The third-order valence-electron chi connectivity index (χ3n) is 6.35. The van der Waals surface area contributed by atoms with Crippen LogP contribution in [-0.4, -0.2) is 36.7 Å². The summed E-state index contributed by atoms with van der Waals surface area (Å²) in [6, 6.07) is 7.95. The Bertz CT molecular complexity index is 521. The largest absolute Gasteiger partial charge is 0.307 e. The number of carbonyl (C=O) groups excluding carboxylic acids is 1. The number of carbonyl (C=O) groups is 1. The molecular formula is C27H49N2O+. The van der Waals surface area contributed by atoms with E-state index in [0.29, 0.717) is 0 Å². The highest BCUT2D eigenvalue weighted by molar-refractivity contribution is 5.94. The molecule has 3 nitrogen and oxygen atoms in total. The number of aryl methyl sites for hydroxylation is 1. The summed E-state index contributed by atoms with van der Waals surface area (Å²) in [5.74, 6) is 0.0770. The first kappa shape index (κ1) is 26.7. The van der Waals surface area contributed by atoms with Crippen molar-refractivity contribution in [2.45, 2.75) is 105 Å². The molecule has 0 aliphatic heterocycles. The van der Waals surface area contributed by atoms with Crippen LogP contribution in [-0.2, 0) is 0 Å². The number of amides is 1. The van der Waals surface area contributed by atoms with Gasteiger partial charge in [-0.05, 0) is 57.6 Å². The fourth-order valence-corrected chi connectivity index (χ4v) is 4.24. The van der Waals surface area contributed by atoms with Crippen LogP contribution in [0.5, 0.6) is 0 Å². The standard InChI is InChI=1S/C27H48N2O/c1-5-8-11-14-21-29(22-15-12-9-6-2,23-16-13-10-7-3)24-28-27(30)26-19-17-25(4)18-20-26/h17-20H,5-16,21-24H2,1-4H3/p+1. The molecule has 0 radical (unpaired) electrons. The summed E-state index contributed by atoms with van der Waals surface area (Å²) < 4.78 is 1.06. The zero-order valence-corrected chi connectivity index (χ0v) is 20.5. The van der Waals surface area contributed by atoms with Crippen LogP contribution in [0.4, 0.5) is 0 Å². The Morgan fingerprint density at radius 3 is 1.53 bits per heavy atom. The van der Waals surface area contributed by atoms with Crippen molar-refractivity contribution in [3.63, 3.8) is 0 Å². The Labute approximate surface area is 187 Å². The molecule has 1 N–H and O–H groups in total. The average molecular weight is 418 g/mol. The first-order valence-electron chi connectivity index (χ1n) is 12.8. The average Bonchev–Trinajstić information content (AvgIpc) is 2.76. The van der Waals surface area contributed by atoms with Gasteiger partial charge in [-0.3, -0.25) is 4.79 Å². The first-order chi connectivity index (χ1) is 14.6. The van der Waals surface area contributed by atoms with Gasteiger partial charge in [0.15, 0.2) is 6.67 Å². The van der Waals surface area contributed by atoms with Gasteiger partial charge in [-0.25, -0.2) is 0 Å². The number of unbranched alkanes of at least 4 members (excludes halogenated alkanes) is 9. The van der Waals surface area contributed by atoms with Gasteiger partial charge in [0.1, 0.15) is 0 Å². The predicted octanol–water partition coefficient (Wildman–Crippen LogP) is 7.24. The predicted molar refractivity (Wildman–Crippen MR) is 131 cm³/mol. The highest BCUT2D eigenvalue weighted by Gasteiger charge is 2.27. The first-order valence-corrected chi connectivity index (χ1v) is 12.8. The van der Waals surface area contributed by atoms with E-state index in [0.717, 1.165) is 16.7 Å². The van der Waals surface area contributed by atoms with Crippen LogP contribution >= 0.6 is 0 Å². The van der Waals surface area contributed by atoms with E-state index in [-0.39, 0.29) is 5.91 Å². The lowest BCUT2D eigenvalue weighted by atomic mass is 10.1. The lowest BCUT2D eigenvalue weighted by Crippen LogP contribution is -2.56. The van der Waals surface area contributed by atoms with Gasteiger partial charge in [0, 0.05) is 5.56 Å². The molecule has 0 aliphatic carbocycles. The number of hydrogen-bond acceptors (Lipinski definition) is 1. The fourth-order valence-electron chi connectivity index (χ4n) is 4.24. The molecular weight excluding hydrogens is 368 g/mol. The maximum absolute atomic E-state index is 12.8. The van der Waals surface area contributed by atoms with Gasteiger partial charge in [0.05, 0.1) is 19.6 Å². The number of rotatable bonds is 18. The van der Waals surface area contributed by atoms with Crippen molar-refractivity contribution >= 4 is 5.91 Å². The summed E-state index contributed by atoms with van der Waals surface area (Å²) >= 11 is 0. The van der Waals surface area contributed by atoms with Gasteiger partial charge >= 0.3 is 0 Å². The van der Waals surface area contributed by atoms with Crippen LogP contribution in [0.3, 0.4) is 0 Å².